The second-order valence-electron chi connectivity index (χ2n) is 3.63. The smallest absolute Gasteiger partial charge is 0.242 e. The van der Waals surface area contributed by atoms with Gasteiger partial charge in [0.2, 0.25) is 5.91 Å². The highest BCUT2D eigenvalue weighted by Gasteiger charge is 2.17. The summed E-state index contributed by atoms with van der Waals surface area (Å²) in [6.07, 6.45) is 1.76. The molecule has 1 aromatic heterocycles. The molecule has 1 rings (SSSR count). The van der Waals surface area contributed by atoms with Crippen molar-refractivity contribution < 1.29 is 4.79 Å². The van der Waals surface area contributed by atoms with E-state index >= 15 is 0 Å². The molecule has 0 fully saturated rings. The van der Waals surface area contributed by atoms with E-state index in [1.165, 1.54) is 0 Å². The van der Waals surface area contributed by atoms with Crippen molar-refractivity contribution in [3.63, 3.8) is 0 Å². The van der Waals surface area contributed by atoms with Crippen LogP contribution in [-0.2, 0) is 11.8 Å². The van der Waals surface area contributed by atoms with E-state index in [1.54, 1.807) is 24.0 Å². The van der Waals surface area contributed by atoms with Gasteiger partial charge in [0.15, 0.2) is 5.82 Å². The first-order valence-electron chi connectivity index (χ1n) is 4.57. The summed E-state index contributed by atoms with van der Waals surface area (Å²) in [5.41, 5.74) is 5.67. The number of amides is 1. The van der Waals surface area contributed by atoms with Crippen molar-refractivity contribution in [3.8, 4) is 0 Å². The average molecular weight is 196 g/mol. The van der Waals surface area contributed by atoms with Crippen LogP contribution >= 0.6 is 0 Å². The minimum Gasteiger partial charge on any atom is -0.320 e. The molecule has 1 atom stereocenters. The third-order valence-corrected chi connectivity index (χ3v) is 1.99. The maximum Gasteiger partial charge on any atom is 0.242 e. The number of aromatic nitrogens is 2. The zero-order valence-electron chi connectivity index (χ0n) is 8.69. The van der Waals surface area contributed by atoms with Gasteiger partial charge in [0.05, 0.1) is 6.04 Å². The fraction of sp³-hybridized carbons (Fsp3) is 0.556. The summed E-state index contributed by atoms with van der Waals surface area (Å²) in [7, 11) is 1.79. The number of nitrogens with one attached hydrogen (secondary N) is 1. The number of nitrogens with zero attached hydrogens (tertiary/aromatic N) is 2. The Kier molecular flexibility index (Phi) is 3.24. The Balaban J connectivity index is 2.57. The van der Waals surface area contributed by atoms with Gasteiger partial charge in [-0.3, -0.25) is 9.48 Å². The van der Waals surface area contributed by atoms with Crippen molar-refractivity contribution in [3.05, 3.63) is 12.3 Å². The van der Waals surface area contributed by atoms with Crippen molar-refractivity contribution in [1.29, 1.82) is 0 Å². The Hall–Kier alpha value is -1.36. The van der Waals surface area contributed by atoms with Gasteiger partial charge in [-0.1, -0.05) is 13.8 Å². The predicted octanol–water partition coefficient (Wildman–Crippen LogP) is 0.342. The van der Waals surface area contributed by atoms with Crippen molar-refractivity contribution in [2.24, 2.45) is 18.7 Å². The van der Waals surface area contributed by atoms with E-state index in [4.69, 9.17) is 5.73 Å². The highest BCUT2D eigenvalue weighted by Crippen LogP contribution is 2.04. The minimum absolute atomic E-state index is 0.124. The molecule has 14 heavy (non-hydrogen) atoms. The Morgan fingerprint density at radius 2 is 2.29 bits per heavy atom. The molecule has 0 bridgehead atoms. The standard InChI is InChI=1S/C9H16N4O/c1-6(2)8(10)9(14)11-7-4-5-13(3)12-7/h4-6,8H,10H2,1-3H3,(H,11,12,14)/t8-/m1/s1. The summed E-state index contributed by atoms with van der Waals surface area (Å²) < 4.78 is 1.62. The Morgan fingerprint density at radius 3 is 2.71 bits per heavy atom. The zero-order chi connectivity index (χ0) is 10.7. The first kappa shape index (κ1) is 10.7. The topological polar surface area (TPSA) is 72.9 Å². The number of nitrogens with two attached hydrogens (primary N) is 1. The van der Waals surface area contributed by atoms with Crippen molar-refractivity contribution in [2.75, 3.05) is 5.32 Å². The van der Waals surface area contributed by atoms with E-state index in [2.05, 4.69) is 10.4 Å². The average Bonchev–Trinajstić information content (AvgIpc) is 2.49. The van der Waals surface area contributed by atoms with Gasteiger partial charge in [-0.25, -0.2) is 0 Å². The van der Waals surface area contributed by atoms with Crippen molar-refractivity contribution in [1.82, 2.24) is 9.78 Å². The van der Waals surface area contributed by atoms with Gasteiger partial charge in [0.25, 0.3) is 0 Å². The fourth-order valence-corrected chi connectivity index (χ4v) is 0.994. The van der Waals surface area contributed by atoms with Crippen LogP contribution in [0.25, 0.3) is 0 Å². The first-order valence-corrected chi connectivity index (χ1v) is 4.57. The molecular formula is C9H16N4O. The van der Waals surface area contributed by atoms with Crippen LogP contribution in [0.5, 0.6) is 0 Å². The highest BCUT2D eigenvalue weighted by molar-refractivity contribution is 5.93. The molecule has 0 saturated carbocycles. The van der Waals surface area contributed by atoms with Gasteiger partial charge in [-0.2, -0.15) is 5.10 Å². The lowest BCUT2D eigenvalue weighted by molar-refractivity contribution is -0.118. The lowest BCUT2D eigenvalue weighted by atomic mass is 10.1. The quantitative estimate of drug-likeness (QED) is 0.732. The summed E-state index contributed by atoms with van der Waals surface area (Å²) in [6, 6.07) is 1.24. The number of rotatable bonds is 3. The molecule has 0 saturated heterocycles. The van der Waals surface area contributed by atoms with Crippen LogP contribution in [0.1, 0.15) is 13.8 Å². The molecule has 1 amide bonds. The van der Waals surface area contributed by atoms with Crippen LogP contribution in [0.4, 0.5) is 5.82 Å². The number of carbonyl (C=O) groups excluding carboxylic acids is 1. The third-order valence-electron chi connectivity index (χ3n) is 1.99. The van der Waals surface area contributed by atoms with Gasteiger partial charge in [-0.15, -0.1) is 0 Å². The summed E-state index contributed by atoms with van der Waals surface area (Å²) in [4.78, 5) is 11.5. The Labute approximate surface area is 83.3 Å². The predicted molar refractivity (Wildman–Crippen MR) is 54.7 cm³/mol. The van der Waals surface area contributed by atoms with Gasteiger partial charge < -0.3 is 11.1 Å². The van der Waals surface area contributed by atoms with E-state index in [9.17, 15) is 4.79 Å². The van der Waals surface area contributed by atoms with Crippen LogP contribution in [0.2, 0.25) is 0 Å². The molecule has 1 heterocycles. The minimum atomic E-state index is -0.489. The number of anilines is 1. The maximum atomic E-state index is 11.5. The number of hydrogen-bond donors (Lipinski definition) is 2. The second-order valence-corrected chi connectivity index (χ2v) is 3.63. The van der Waals surface area contributed by atoms with Crippen LogP contribution in [0, 0.1) is 5.92 Å². The molecule has 0 aliphatic rings. The highest BCUT2D eigenvalue weighted by atomic mass is 16.2. The molecule has 3 N–H and O–H groups in total. The van der Waals surface area contributed by atoms with E-state index in [-0.39, 0.29) is 11.8 Å². The number of aryl methyl sites for hydroxylation is 1. The number of carbonyl (C=O) groups is 1. The van der Waals surface area contributed by atoms with Crippen molar-refractivity contribution >= 4 is 11.7 Å². The molecule has 5 heteroatoms. The molecule has 78 valence electrons. The second kappa shape index (κ2) is 4.23. The van der Waals surface area contributed by atoms with E-state index < -0.39 is 6.04 Å². The van der Waals surface area contributed by atoms with Gasteiger partial charge >= 0.3 is 0 Å². The Morgan fingerprint density at radius 1 is 1.64 bits per heavy atom. The molecule has 5 nitrogen and oxygen atoms in total. The monoisotopic (exact) mass is 196 g/mol. The molecule has 0 aromatic carbocycles. The zero-order valence-corrected chi connectivity index (χ0v) is 8.69. The third kappa shape index (κ3) is 2.56. The molecule has 0 aliphatic heterocycles. The molecule has 0 radical (unpaired) electrons. The van der Waals surface area contributed by atoms with Gasteiger partial charge in [0.1, 0.15) is 0 Å². The summed E-state index contributed by atoms with van der Waals surface area (Å²) in [5.74, 6) is 0.464. The van der Waals surface area contributed by atoms with Crippen LogP contribution in [0.3, 0.4) is 0 Å². The van der Waals surface area contributed by atoms with E-state index in [0.717, 1.165) is 0 Å². The molecule has 0 unspecified atom stereocenters. The van der Waals surface area contributed by atoms with Crippen LogP contribution in [-0.4, -0.2) is 21.7 Å². The van der Waals surface area contributed by atoms with Crippen LogP contribution < -0.4 is 11.1 Å². The molecular weight excluding hydrogens is 180 g/mol. The Bertz CT molecular complexity index is 318. The van der Waals surface area contributed by atoms with E-state index in [1.807, 2.05) is 13.8 Å². The maximum absolute atomic E-state index is 11.5. The molecule has 1 aromatic rings. The van der Waals surface area contributed by atoms with Gasteiger partial charge in [-0.05, 0) is 5.92 Å². The SMILES string of the molecule is CC(C)[C@@H](N)C(=O)Nc1ccn(C)n1. The fourth-order valence-electron chi connectivity index (χ4n) is 0.994. The summed E-state index contributed by atoms with van der Waals surface area (Å²) in [6.45, 7) is 3.81. The van der Waals surface area contributed by atoms with Crippen molar-refractivity contribution in [2.45, 2.75) is 19.9 Å². The normalized spacial score (nSPS) is 12.9. The lowest BCUT2D eigenvalue weighted by Gasteiger charge is -2.13. The summed E-state index contributed by atoms with van der Waals surface area (Å²) >= 11 is 0. The van der Waals surface area contributed by atoms with Gasteiger partial charge in [0, 0.05) is 19.3 Å². The lowest BCUT2D eigenvalue weighted by Crippen LogP contribution is -2.39. The molecule has 0 spiro atoms. The largest absolute Gasteiger partial charge is 0.320 e. The summed E-state index contributed by atoms with van der Waals surface area (Å²) in [5, 5.41) is 6.67. The molecule has 0 aliphatic carbocycles. The van der Waals surface area contributed by atoms with E-state index in [0.29, 0.717) is 5.82 Å². The first-order chi connectivity index (χ1) is 6.50. The van der Waals surface area contributed by atoms with Crippen LogP contribution in [0.15, 0.2) is 12.3 Å². The number of hydrogen-bond acceptors (Lipinski definition) is 3.